The minimum absolute atomic E-state index is 0.0916. The van der Waals surface area contributed by atoms with Crippen molar-refractivity contribution < 1.29 is 9.53 Å². The number of nitrogens with zero attached hydrogens (tertiary/aromatic N) is 5. The van der Waals surface area contributed by atoms with Crippen LogP contribution < -0.4 is 10.9 Å². The Labute approximate surface area is 177 Å². The van der Waals surface area contributed by atoms with E-state index in [2.05, 4.69) is 20.4 Å². The number of aryl methyl sites for hydroxylation is 2. The Balaban J connectivity index is 1.44. The van der Waals surface area contributed by atoms with Crippen LogP contribution in [0.25, 0.3) is 0 Å². The Morgan fingerprint density at radius 3 is 2.90 bits per heavy atom. The molecule has 3 aromatic heterocycles. The fraction of sp³-hybridized carbons (Fsp3) is 0.350. The SMILES string of the molecule is Cc1csc(Nc2cccc([C@H]3CN(C(=O)Cn4nc(C)ccc4=O)CCO3)n2)n1. The van der Waals surface area contributed by atoms with Gasteiger partial charge in [-0.05, 0) is 32.0 Å². The number of ether oxygens (including phenoxy) is 1. The summed E-state index contributed by atoms with van der Waals surface area (Å²) in [6.07, 6.45) is -0.343. The van der Waals surface area contributed by atoms with Gasteiger partial charge in [-0.25, -0.2) is 14.6 Å². The largest absolute Gasteiger partial charge is 0.368 e. The van der Waals surface area contributed by atoms with E-state index < -0.39 is 0 Å². The second-order valence-electron chi connectivity index (χ2n) is 7.04. The lowest BCUT2D eigenvalue weighted by molar-refractivity contribution is -0.140. The van der Waals surface area contributed by atoms with Gasteiger partial charge in [0.1, 0.15) is 18.5 Å². The molecule has 0 unspecified atom stereocenters. The molecule has 0 spiro atoms. The van der Waals surface area contributed by atoms with Crippen LogP contribution in [0, 0.1) is 13.8 Å². The first-order chi connectivity index (χ1) is 14.5. The van der Waals surface area contributed by atoms with E-state index in [9.17, 15) is 9.59 Å². The van der Waals surface area contributed by atoms with Crippen LogP contribution in [0.1, 0.15) is 23.2 Å². The minimum atomic E-state index is -0.343. The molecule has 1 aliphatic heterocycles. The zero-order valence-electron chi connectivity index (χ0n) is 16.7. The summed E-state index contributed by atoms with van der Waals surface area (Å²) in [5.41, 5.74) is 2.07. The number of nitrogens with one attached hydrogen (secondary N) is 1. The van der Waals surface area contributed by atoms with E-state index in [-0.39, 0.29) is 24.1 Å². The van der Waals surface area contributed by atoms with Crippen molar-refractivity contribution in [2.45, 2.75) is 26.5 Å². The van der Waals surface area contributed by atoms with E-state index in [0.29, 0.717) is 31.2 Å². The summed E-state index contributed by atoms with van der Waals surface area (Å²) in [6, 6.07) is 8.69. The van der Waals surface area contributed by atoms with E-state index in [1.165, 1.54) is 22.1 Å². The van der Waals surface area contributed by atoms with E-state index in [1.54, 1.807) is 17.9 Å². The van der Waals surface area contributed by atoms with E-state index in [1.807, 2.05) is 30.5 Å². The monoisotopic (exact) mass is 426 g/mol. The molecule has 30 heavy (non-hydrogen) atoms. The average molecular weight is 427 g/mol. The molecule has 1 fully saturated rings. The molecular weight excluding hydrogens is 404 g/mol. The van der Waals surface area contributed by atoms with Gasteiger partial charge in [-0.15, -0.1) is 11.3 Å². The van der Waals surface area contributed by atoms with Crippen LogP contribution in [-0.2, 0) is 16.1 Å². The van der Waals surface area contributed by atoms with Crippen molar-refractivity contribution in [2.75, 3.05) is 25.0 Å². The van der Waals surface area contributed by atoms with Gasteiger partial charge >= 0.3 is 0 Å². The molecule has 0 radical (unpaired) electrons. The molecule has 0 aliphatic carbocycles. The second-order valence-corrected chi connectivity index (χ2v) is 7.89. The number of pyridine rings is 1. The molecule has 1 N–H and O–H groups in total. The van der Waals surface area contributed by atoms with Crippen molar-refractivity contribution in [1.82, 2.24) is 24.6 Å². The number of thiazole rings is 1. The first-order valence-corrected chi connectivity index (χ1v) is 10.5. The Kier molecular flexibility index (Phi) is 5.86. The lowest BCUT2D eigenvalue weighted by atomic mass is 10.2. The first kappa shape index (κ1) is 20.2. The molecule has 4 heterocycles. The maximum absolute atomic E-state index is 12.7. The Morgan fingerprint density at radius 2 is 2.10 bits per heavy atom. The number of carbonyl (C=O) groups is 1. The number of hydrogen-bond acceptors (Lipinski definition) is 8. The third-order valence-corrected chi connectivity index (χ3v) is 5.53. The van der Waals surface area contributed by atoms with Gasteiger partial charge in [0.15, 0.2) is 5.13 Å². The van der Waals surface area contributed by atoms with Gasteiger partial charge in [0.05, 0.1) is 30.2 Å². The van der Waals surface area contributed by atoms with Crippen LogP contribution in [0.4, 0.5) is 10.9 Å². The zero-order valence-corrected chi connectivity index (χ0v) is 17.6. The van der Waals surface area contributed by atoms with E-state index in [4.69, 9.17) is 4.74 Å². The van der Waals surface area contributed by atoms with E-state index in [0.717, 1.165) is 16.5 Å². The van der Waals surface area contributed by atoms with Gasteiger partial charge in [0, 0.05) is 18.0 Å². The smallest absolute Gasteiger partial charge is 0.267 e. The summed E-state index contributed by atoms with van der Waals surface area (Å²) in [6.45, 7) is 4.86. The lowest BCUT2D eigenvalue weighted by Crippen LogP contribution is -2.45. The highest BCUT2D eigenvalue weighted by atomic mass is 32.1. The number of amides is 1. The van der Waals surface area contributed by atoms with Crippen molar-refractivity contribution in [3.05, 3.63) is 63.1 Å². The van der Waals surface area contributed by atoms with Gasteiger partial charge in [0.25, 0.3) is 5.56 Å². The average Bonchev–Trinajstić information content (AvgIpc) is 3.15. The molecule has 1 atom stereocenters. The predicted molar refractivity (Wildman–Crippen MR) is 113 cm³/mol. The maximum atomic E-state index is 12.7. The number of anilines is 2. The highest BCUT2D eigenvalue weighted by Gasteiger charge is 2.27. The molecule has 3 aromatic rings. The third kappa shape index (κ3) is 4.71. The number of morpholine rings is 1. The minimum Gasteiger partial charge on any atom is -0.368 e. The quantitative estimate of drug-likeness (QED) is 0.666. The predicted octanol–water partition coefficient (Wildman–Crippen LogP) is 2.06. The van der Waals surface area contributed by atoms with Crippen LogP contribution in [-0.4, -0.2) is 50.3 Å². The van der Waals surface area contributed by atoms with Crippen LogP contribution in [0.2, 0.25) is 0 Å². The molecule has 1 saturated heterocycles. The molecule has 156 valence electrons. The highest BCUT2D eigenvalue weighted by molar-refractivity contribution is 7.13. The molecule has 0 aromatic carbocycles. The fourth-order valence-electron chi connectivity index (χ4n) is 3.17. The van der Waals surface area contributed by atoms with Crippen LogP contribution in [0.5, 0.6) is 0 Å². The van der Waals surface area contributed by atoms with Gasteiger partial charge < -0.3 is 15.0 Å². The second kappa shape index (κ2) is 8.72. The normalized spacial score (nSPS) is 16.5. The number of hydrogen-bond donors (Lipinski definition) is 1. The third-order valence-electron chi connectivity index (χ3n) is 4.66. The van der Waals surface area contributed by atoms with Crippen molar-refractivity contribution in [2.24, 2.45) is 0 Å². The zero-order chi connectivity index (χ0) is 21.1. The van der Waals surface area contributed by atoms with Gasteiger partial charge in [-0.1, -0.05) is 6.07 Å². The van der Waals surface area contributed by atoms with Crippen LogP contribution in [0.15, 0.2) is 40.5 Å². The molecular formula is C20H22N6O3S. The highest BCUT2D eigenvalue weighted by Crippen LogP contribution is 2.24. The van der Waals surface area contributed by atoms with Crippen LogP contribution >= 0.6 is 11.3 Å². The Hall–Kier alpha value is -3.11. The molecule has 10 heteroatoms. The molecule has 1 aliphatic rings. The molecule has 9 nitrogen and oxygen atoms in total. The summed E-state index contributed by atoms with van der Waals surface area (Å²) >= 11 is 1.51. The van der Waals surface area contributed by atoms with E-state index >= 15 is 0 Å². The summed E-state index contributed by atoms with van der Waals surface area (Å²) in [4.78, 5) is 35.4. The molecule has 0 bridgehead atoms. The first-order valence-electron chi connectivity index (χ1n) is 9.58. The molecule has 4 rings (SSSR count). The number of aromatic nitrogens is 4. The topological polar surface area (TPSA) is 102 Å². The summed E-state index contributed by atoms with van der Waals surface area (Å²) in [5.74, 6) is 0.500. The van der Waals surface area contributed by atoms with Gasteiger partial charge in [-0.3, -0.25) is 9.59 Å². The Morgan fingerprint density at radius 1 is 1.23 bits per heavy atom. The van der Waals surface area contributed by atoms with Crippen molar-refractivity contribution in [3.63, 3.8) is 0 Å². The van der Waals surface area contributed by atoms with Gasteiger partial charge in [0.2, 0.25) is 5.91 Å². The molecule has 0 saturated carbocycles. The summed E-state index contributed by atoms with van der Waals surface area (Å²) in [5, 5.41) is 10.1. The van der Waals surface area contributed by atoms with Crippen LogP contribution in [0.3, 0.4) is 0 Å². The fourth-order valence-corrected chi connectivity index (χ4v) is 3.86. The van der Waals surface area contributed by atoms with Gasteiger partial charge in [-0.2, -0.15) is 5.10 Å². The van der Waals surface area contributed by atoms with Crippen molar-refractivity contribution >= 4 is 28.2 Å². The maximum Gasteiger partial charge on any atom is 0.267 e. The standard InChI is InChI=1S/C20H22N6O3S/c1-13-6-7-18(27)26(24-13)11-19(28)25-8-9-29-16(10-25)15-4-3-5-17(22-15)23-20-21-14(2)12-30-20/h3-7,12,16H,8-11H2,1-2H3,(H,21,22,23)/t16-/m1/s1. The summed E-state index contributed by atoms with van der Waals surface area (Å²) in [7, 11) is 0. The number of rotatable bonds is 5. The Bertz CT molecular complexity index is 1110. The lowest BCUT2D eigenvalue weighted by Gasteiger charge is -2.32. The summed E-state index contributed by atoms with van der Waals surface area (Å²) < 4.78 is 7.06. The number of carbonyl (C=O) groups excluding carboxylic acids is 1. The molecule has 1 amide bonds. The van der Waals surface area contributed by atoms with Crippen molar-refractivity contribution in [3.8, 4) is 0 Å². The van der Waals surface area contributed by atoms with Crippen molar-refractivity contribution in [1.29, 1.82) is 0 Å².